The van der Waals surface area contributed by atoms with Crippen molar-refractivity contribution < 1.29 is 4.79 Å². The van der Waals surface area contributed by atoms with E-state index >= 15 is 0 Å². The van der Waals surface area contributed by atoms with Crippen LogP contribution in [0, 0.1) is 0 Å². The Morgan fingerprint density at radius 3 is 2.52 bits per heavy atom. The minimum Gasteiger partial charge on any atom is -0.334 e. The van der Waals surface area contributed by atoms with Crippen molar-refractivity contribution in [2.45, 2.75) is 13.1 Å². The van der Waals surface area contributed by atoms with Gasteiger partial charge in [-0.1, -0.05) is 29.8 Å². The first-order valence-corrected chi connectivity index (χ1v) is 8.98. The summed E-state index contributed by atoms with van der Waals surface area (Å²) in [5.74, 6) is 0. The molecule has 0 aliphatic carbocycles. The van der Waals surface area contributed by atoms with Gasteiger partial charge in [0, 0.05) is 49.2 Å². The van der Waals surface area contributed by atoms with Gasteiger partial charge in [0.05, 0.1) is 0 Å². The molecule has 4 nitrogen and oxygen atoms in total. The van der Waals surface area contributed by atoms with E-state index in [1.807, 2.05) is 29.2 Å². The fraction of sp³-hybridized carbons (Fsp3) is 0.353. The fourth-order valence-electron chi connectivity index (χ4n) is 2.62. The van der Waals surface area contributed by atoms with Gasteiger partial charge in [-0.25, -0.2) is 4.79 Å². The maximum Gasteiger partial charge on any atom is 0.317 e. The summed E-state index contributed by atoms with van der Waals surface area (Å²) in [6.07, 6.45) is 0. The lowest BCUT2D eigenvalue weighted by atomic mass is 10.2. The zero-order chi connectivity index (χ0) is 16.1. The average Bonchev–Trinajstić information content (AvgIpc) is 3.08. The number of carbonyl (C=O) groups is 1. The van der Waals surface area contributed by atoms with Gasteiger partial charge in [-0.05, 0) is 29.1 Å². The number of halogens is 1. The molecule has 0 spiro atoms. The van der Waals surface area contributed by atoms with E-state index in [2.05, 4.69) is 27.7 Å². The lowest BCUT2D eigenvalue weighted by Crippen LogP contribution is -2.51. The van der Waals surface area contributed by atoms with Crippen molar-refractivity contribution in [1.82, 2.24) is 15.1 Å². The number of hydrogen-bond donors (Lipinski definition) is 1. The molecular formula is C17H20ClN3OS. The number of rotatable bonds is 4. The average molecular weight is 350 g/mol. The third-order valence-corrected chi connectivity index (χ3v) is 5.09. The topological polar surface area (TPSA) is 35.6 Å². The van der Waals surface area contributed by atoms with Crippen LogP contribution in [0.4, 0.5) is 4.79 Å². The third kappa shape index (κ3) is 4.70. The quantitative estimate of drug-likeness (QED) is 0.917. The van der Waals surface area contributed by atoms with E-state index in [1.54, 1.807) is 11.3 Å². The van der Waals surface area contributed by atoms with Crippen molar-refractivity contribution in [2.24, 2.45) is 0 Å². The molecule has 0 atom stereocenters. The Morgan fingerprint density at radius 1 is 1.13 bits per heavy atom. The normalized spacial score (nSPS) is 15.6. The molecule has 2 aromatic rings. The molecule has 1 saturated heterocycles. The molecule has 1 aliphatic heterocycles. The monoisotopic (exact) mass is 349 g/mol. The van der Waals surface area contributed by atoms with Gasteiger partial charge in [-0.3, -0.25) is 4.90 Å². The minimum atomic E-state index is 0.00993. The summed E-state index contributed by atoms with van der Waals surface area (Å²) in [5.41, 5.74) is 1.05. The second kappa shape index (κ2) is 7.81. The second-order valence-corrected chi connectivity index (χ2v) is 7.10. The summed E-state index contributed by atoms with van der Waals surface area (Å²) >= 11 is 7.65. The van der Waals surface area contributed by atoms with Crippen molar-refractivity contribution in [2.75, 3.05) is 26.2 Å². The van der Waals surface area contributed by atoms with Crippen molar-refractivity contribution in [3.63, 3.8) is 0 Å². The molecular weight excluding hydrogens is 330 g/mol. The maximum atomic E-state index is 12.2. The van der Waals surface area contributed by atoms with Crippen LogP contribution in [0.25, 0.3) is 0 Å². The van der Waals surface area contributed by atoms with Gasteiger partial charge < -0.3 is 10.2 Å². The minimum absolute atomic E-state index is 0.00993. The van der Waals surface area contributed by atoms with Gasteiger partial charge in [0.2, 0.25) is 0 Å². The highest BCUT2D eigenvalue weighted by atomic mass is 35.5. The highest BCUT2D eigenvalue weighted by Gasteiger charge is 2.20. The molecule has 1 aliphatic rings. The fourth-order valence-corrected chi connectivity index (χ4v) is 3.50. The maximum absolute atomic E-state index is 12.2. The number of hydrogen-bond acceptors (Lipinski definition) is 3. The van der Waals surface area contributed by atoms with E-state index in [0.717, 1.165) is 38.3 Å². The molecule has 0 saturated carbocycles. The van der Waals surface area contributed by atoms with Crippen LogP contribution >= 0.6 is 22.9 Å². The Morgan fingerprint density at radius 2 is 1.87 bits per heavy atom. The first kappa shape index (κ1) is 16.3. The zero-order valence-electron chi connectivity index (χ0n) is 12.9. The molecule has 1 aromatic heterocycles. The predicted molar refractivity (Wildman–Crippen MR) is 94.9 cm³/mol. The van der Waals surface area contributed by atoms with Crippen molar-refractivity contribution in [1.29, 1.82) is 0 Å². The number of urea groups is 1. The first-order valence-electron chi connectivity index (χ1n) is 7.73. The molecule has 0 bridgehead atoms. The number of amides is 2. The number of thiophene rings is 1. The zero-order valence-corrected chi connectivity index (χ0v) is 14.4. The molecule has 23 heavy (non-hydrogen) atoms. The molecule has 1 fully saturated rings. The van der Waals surface area contributed by atoms with E-state index in [4.69, 9.17) is 11.6 Å². The van der Waals surface area contributed by atoms with E-state index in [9.17, 15) is 4.79 Å². The van der Waals surface area contributed by atoms with Gasteiger partial charge in [-0.2, -0.15) is 0 Å². The Kier molecular flexibility index (Phi) is 5.54. The van der Waals surface area contributed by atoms with Gasteiger partial charge in [0.1, 0.15) is 0 Å². The summed E-state index contributed by atoms with van der Waals surface area (Å²) in [6.45, 7) is 4.91. The van der Waals surface area contributed by atoms with Gasteiger partial charge in [0.25, 0.3) is 0 Å². The molecule has 6 heteroatoms. The van der Waals surface area contributed by atoms with Crippen molar-refractivity contribution in [3.8, 4) is 0 Å². The Bertz CT molecular complexity index is 622. The Hall–Kier alpha value is -1.56. The number of piperazine rings is 1. The number of benzene rings is 1. The molecule has 3 rings (SSSR count). The lowest BCUT2D eigenvalue weighted by Gasteiger charge is -2.34. The smallest absolute Gasteiger partial charge is 0.317 e. The van der Waals surface area contributed by atoms with Crippen LogP contribution in [0.5, 0.6) is 0 Å². The van der Waals surface area contributed by atoms with Crippen molar-refractivity contribution >= 4 is 29.0 Å². The van der Waals surface area contributed by atoms with Crippen LogP contribution in [-0.2, 0) is 13.1 Å². The van der Waals surface area contributed by atoms with Crippen LogP contribution in [-0.4, -0.2) is 42.0 Å². The molecule has 1 aromatic carbocycles. The van der Waals surface area contributed by atoms with E-state index < -0.39 is 0 Å². The van der Waals surface area contributed by atoms with E-state index in [0.29, 0.717) is 11.6 Å². The second-order valence-electron chi connectivity index (χ2n) is 5.63. The molecule has 2 amide bonds. The predicted octanol–water partition coefficient (Wildman–Crippen LogP) is 3.43. The van der Waals surface area contributed by atoms with Crippen LogP contribution in [0.3, 0.4) is 0 Å². The molecule has 0 unspecified atom stereocenters. The summed E-state index contributed by atoms with van der Waals surface area (Å²) in [6, 6.07) is 11.8. The number of nitrogens with one attached hydrogen (secondary N) is 1. The first-order chi connectivity index (χ1) is 11.2. The summed E-state index contributed by atoms with van der Waals surface area (Å²) in [7, 11) is 0. The van der Waals surface area contributed by atoms with E-state index in [1.165, 1.54) is 4.88 Å². The van der Waals surface area contributed by atoms with Crippen LogP contribution in [0.1, 0.15) is 10.4 Å². The van der Waals surface area contributed by atoms with Gasteiger partial charge in [0.15, 0.2) is 0 Å². The third-order valence-electron chi connectivity index (χ3n) is 3.98. The van der Waals surface area contributed by atoms with Crippen molar-refractivity contribution in [3.05, 3.63) is 57.2 Å². The Labute approximate surface area is 145 Å². The molecule has 0 radical (unpaired) electrons. The van der Waals surface area contributed by atoms with Crippen LogP contribution in [0.15, 0.2) is 41.8 Å². The standard InChI is InChI=1S/C17H20ClN3OS/c18-15-5-3-14(4-6-15)12-19-17(22)21-9-7-20(8-10-21)13-16-2-1-11-23-16/h1-6,11H,7-10,12-13H2,(H,19,22). The van der Waals surface area contributed by atoms with E-state index in [-0.39, 0.29) is 6.03 Å². The highest BCUT2D eigenvalue weighted by Crippen LogP contribution is 2.14. The summed E-state index contributed by atoms with van der Waals surface area (Å²) in [4.78, 5) is 17.9. The SMILES string of the molecule is O=C(NCc1ccc(Cl)cc1)N1CCN(Cc2cccs2)CC1. The number of carbonyl (C=O) groups excluding carboxylic acids is 1. The van der Waals surface area contributed by atoms with Crippen LogP contribution in [0.2, 0.25) is 5.02 Å². The lowest BCUT2D eigenvalue weighted by molar-refractivity contribution is 0.135. The highest BCUT2D eigenvalue weighted by molar-refractivity contribution is 7.09. The van der Waals surface area contributed by atoms with Crippen LogP contribution < -0.4 is 5.32 Å². The Balaban J connectivity index is 1.42. The molecule has 2 heterocycles. The molecule has 1 N–H and O–H groups in total. The van der Waals surface area contributed by atoms with Gasteiger partial charge in [-0.15, -0.1) is 11.3 Å². The van der Waals surface area contributed by atoms with Gasteiger partial charge >= 0.3 is 6.03 Å². The molecule has 122 valence electrons. The summed E-state index contributed by atoms with van der Waals surface area (Å²) < 4.78 is 0. The largest absolute Gasteiger partial charge is 0.334 e. The number of nitrogens with zero attached hydrogens (tertiary/aromatic N) is 2. The summed E-state index contributed by atoms with van der Waals surface area (Å²) in [5, 5.41) is 5.79.